The average molecular weight is 263 g/mol. The van der Waals surface area contributed by atoms with Crippen LogP contribution in [-0.2, 0) is 0 Å². The molecule has 0 saturated carbocycles. The van der Waals surface area contributed by atoms with Crippen molar-refractivity contribution in [3.05, 3.63) is 23.9 Å². The monoisotopic (exact) mass is 263 g/mol. The van der Waals surface area contributed by atoms with E-state index in [1.165, 1.54) is 6.42 Å². The quantitative estimate of drug-likeness (QED) is 0.902. The van der Waals surface area contributed by atoms with Crippen LogP contribution in [0.25, 0.3) is 0 Å². The van der Waals surface area contributed by atoms with E-state index in [2.05, 4.69) is 28.6 Å². The lowest BCUT2D eigenvalue weighted by Crippen LogP contribution is -2.49. The van der Waals surface area contributed by atoms with Gasteiger partial charge in [-0.15, -0.1) is 0 Å². The Kier molecular flexibility index (Phi) is 4.77. The lowest BCUT2D eigenvalue weighted by Gasteiger charge is -2.38. The smallest absolute Gasteiger partial charge is 0.128 e. The van der Waals surface area contributed by atoms with E-state index in [4.69, 9.17) is 0 Å². The molecule has 0 aliphatic carbocycles. The second kappa shape index (κ2) is 6.35. The van der Waals surface area contributed by atoms with Crippen molar-refractivity contribution in [2.24, 2.45) is 0 Å². The van der Waals surface area contributed by atoms with Gasteiger partial charge in [0.1, 0.15) is 5.82 Å². The van der Waals surface area contributed by atoms with Crippen LogP contribution >= 0.6 is 0 Å². The molecule has 1 unspecified atom stereocenters. The number of hydrogen-bond donors (Lipinski definition) is 1. The second-order valence-corrected chi connectivity index (χ2v) is 5.40. The van der Waals surface area contributed by atoms with Crippen molar-refractivity contribution < 1.29 is 5.11 Å². The third kappa shape index (κ3) is 3.45. The highest BCUT2D eigenvalue weighted by atomic mass is 16.3. The molecule has 4 heteroatoms. The number of aromatic nitrogens is 1. The van der Waals surface area contributed by atoms with Crippen LogP contribution in [0.3, 0.4) is 0 Å². The highest BCUT2D eigenvalue weighted by molar-refractivity contribution is 5.42. The Hall–Kier alpha value is -1.13. The molecule has 1 fully saturated rings. The average Bonchev–Trinajstić information content (AvgIpc) is 2.46. The van der Waals surface area contributed by atoms with Crippen molar-refractivity contribution in [1.29, 1.82) is 0 Å². The molecule has 1 aromatic heterocycles. The van der Waals surface area contributed by atoms with Crippen LogP contribution in [0.5, 0.6) is 0 Å². The minimum absolute atomic E-state index is 0.428. The lowest BCUT2D eigenvalue weighted by molar-refractivity contribution is 0.192. The number of aliphatic hydroxyl groups is 1. The van der Waals surface area contributed by atoms with E-state index < -0.39 is 6.10 Å². The Labute approximate surface area is 116 Å². The maximum Gasteiger partial charge on any atom is 0.128 e. The molecular formula is C15H25N3O. The summed E-state index contributed by atoms with van der Waals surface area (Å²) < 4.78 is 0. The number of piperazine rings is 1. The molecule has 4 nitrogen and oxygen atoms in total. The first-order valence-electron chi connectivity index (χ1n) is 7.24. The summed E-state index contributed by atoms with van der Waals surface area (Å²) in [6, 6.07) is 4.55. The maximum atomic E-state index is 9.64. The fourth-order valence-corrected chi connectivity index (χ4v) is 2.52. The molecule has 0 bridgehead atoms. The third-order valence-corrected chi connectivity index (χ3v) is 4.10. The molecule has 1 N–H and O–H groups in total. The normalized spacial score (nSPS) is 20.3. The molecule has 2 heterocycles. The van der Waals surface area contributed by atoms with E-state index in [0.717, 1.165) is 37.6 Å². The number of anilines is 1. The van der Waals surface area contributed by atoms with Crippen molar-refractivity contribution >= 4 is 5.82 Å². The number of hydrogen-bond acceptors (Lipinski definition) is 4. The Balaban J connectivity index is 1.99. The van der Waals surface area contributed by atoms with Crippen LogP contribution in [0.2, 0.25) is 0 Å². The van der Waals surface area contributed by atoms with Crippen molar-refractivity contribution in [3.8, 4) is 0 Å². The molecule has 0 spiro atoms. The van der Waals surface area contributed by atoms with Crippen molar-refractivity contribution in [2.45, 2.75) is 39.3 Å². The van der Waals surface area contributed by atoms with E-state index in [1.807, 2.05) is 12.1 Å². The summed E-state index contributed by atoms with van der Waals surface area (Å²) in [5.74, 6) is 0.988. The Morgan fingerprint density at radius 1 is 1.26 bits per heavy atom. The first kappa shape index (κ1) is 14.3. The zero-order valence-corrected chi connectivity index (χ0v) is 12.2. The van der Waals surface area contributed by atoms with Gasteiger partial charge in [0.2, 0.25) is 0 Å². The summed E-state index contributed by atoms with van der Waals surface area (Å²) in [5, 5.41) is 9.64. The molecule has 106 valence electrons. The summed E-state index contributed by atoms with van der Waals surface area (Å²) in [6.07, 6.45) is 2.57. The van der Waals surface area contributed by atoms with Crippen LogP contribution in [-0.4, -0.2) is 47.2 Å². The Morgan fingerprint density at radius 3 is 2.53 bits per heavy atom. The van der Waals surface area contributed by atoms with E-state index in [-0.39, 0.29) is 0 Å². The minimum atomic E-state index is -0.428. The van der Waals surface area contributed by atoms with Gasteiger partial charge in [-0.05, 0) is 38.0 Å². The highest BCUT2D eigenvalue weighted by Gasteiger charge is 2.21. The molecule has 1 aliphatic rings. The van der Waals surface area contributed by atoms with E-state index >= 15 is 0 Å². The predicted octanol–water partition coefficient (Wildman–Crippen LogP) is 2.06. The molecular weight excluding hydrogens is 238 g/mol. The summed E-state index contributed by atoms with van der Waals surface area (Å²) in [7, 11) is 0. The van der Waals surface area contributed by atoms with E-state index in [1.54, 1.807) is 13.1 Å². The molecule has 19 heavy (non-hydrogen) atoms. The van der Waals surface area contributed by atoms with Gasteiger partial charge >= 0.3 is 0 Å². The second-order valence-electron chi connectivity index (χ2n) is 5.40. The number of pyridine rings is 1. The fourth-order valence-electron chi connectivity index (χ4n) is 2.52. The first-order valence-corrected chi connectivity index (χ1v) is 7.24. The first-order chi connectivity index (χ1) is 9.11. The fraction of sp³-hybridized carbons (Fsp3) is 0.667. The zero-order chi connectivity index (χ0) is 13.8. The topological polar surface area (TPSA) is 39.6 Å². The number of nitrogens with zero attached hydrogens (tertiary/aromatic N) is 3. The van der Waals surface area contributed by atoms with Crippen LogP contribution in [0.4, 0.5) is 5.82 Å². The third-order valence-electron chi connectivity index (χ3n) is 4.10. The standard InChI is InChI=1S/C15H25N3O/c1-4-12(2)17-7-9-18(10-8-17)15-11-14(13(3)19)5-6-16-15/h5-6,11-13,19H,4,7-10H2,1-3H3/t12?,13-/m1/s1. The molecule has 0 amide bonds. The van der Waals surface area contributed by atoms with Gasteiger partial charge in [0.05, 0.1) is 6.10 Å². The Bertz CT molecular complexity index is 400. The molecule has 1 saturated heterocycles. The molecule has 1 aliphatic heterocycles. The van der Waals surface area contributed by atoms with Gasteiger partial charge < -0.3 is 10.0 Å². The number of rotatable bonds is 4. The molecule has 2 atom stereocenters. The zero-order valence-electron chi connectivity index (χ0n) is 12.2. The molecule has 1 aromatic rings. The Morgan fingerprint density at radius 2 is 1.95 bits per heavy atom. The van der Waals surface area contributed by atoms with Gasteiger partial charge in [0, 0.05) is 38.4 Å². The van der Waals surface area contributed by atoms with Gasteiger partial charge in [-0.3, -0.25) is 4.90 Å². The van der Waals surface area contributed by atoms with Gasteiger partial charge in [0.25, 0.3) is 0 Å². The van der Waals surface area contributed by atoms with Crippen molar-refractivity contribution in [1.82, 2.24) is 9.88 Å². The van der Waals surface area contributed by atoms with Gasteiger partial charge in [0.15, 0.2) is 0 Å². The summed E-state index contributed by atoms with van der Waals surface area (Å²) in [5.41, 5.74) is 0.939. The van der Waals surface area contributed by atoms with Gasteiger partial charge in [-0.2, -0.15) is 0 Å². The van der Waals surface area contributed by atoms with E-state index in [0.29, 0.717) is 6.04 Å². The molecule has 2 rings (SSSR count). The van der Waals surface area contributed by atoms with E-state index in [9.17, 15) is 5.11 Å². The summed E-state index contributed by atoms with van der Waals surface area (Å²) in [6.45, 7) is 10.5. The van der Waals surface area contributed by atoms with Crippen LogP contribution in [0.1, 0.15) is 38.9 Å². The summed E-state index contributed by atoms with van der Waals surface area (Å²) >= 11 is 0. The highest BCUT2D eigenvalue weighted by Crippen LogP contribution is 2.20. The van der Waals surface area contributed by atoms with Crippen molar-refractivity contribution in [2.75, 3.05) is 31.1 Å². The van der Waals surface area contributed by atoms with Crippen molar-refractivity contribution in [3.63, 3.8) is 0 Å². The molecule has 0 radical (unpaired) electrons. The largest absolute Gasteiger partial charge is 0.389 e. The minimum Gasteiger partial charge on any atom is -0.389 e. The van der Waals surface area contributed by atoms with Crippen LogP contribution in [0.15, 0.2) is 18.3 Å². The number of aliphatic hydroxyl groups excluding tert-OH is 1. The van der Waals surface area contributed by atoms with Crippen LogP contribution < -0.4 is 4.90 Å². The SMILES string of the molecule is CCC(C)N1CCN(c2cc([C@@H](C)O)ccn2)CC1. The molecule has 0 aromatic carbocycles. The van der Waals surface area contributed by atoms with Gasteiger partial charge in [-0.1, -0.05) is 6.92 Å². The lowest BCUT2D eigenvalue weighted by atomic mass is 10.1. The predicted molar refractivity (Wildman–Crippen MR) is 78.4 cm³/mol. The summed E-state index contributed by atoms with van der Waals surface area (Å²) in [4.78, 5) is 9.28. The van der Waals surface area contributed by atoms with Crippen LogP contribution in [0, 0.1) is 0 Å². The maximum absolute atomic E-state index is 9.64. The van der Waals surface area contributed by atoms with Gasteiger partial charge in [-0.25, -0.2) is 4.98 Å².